The minimum atomic E-state index is 0.0440. The molecule has 3 aromatic rings. The van der Waals surface area contributed by atoms with Gasteiger partial charge in [0.1, 0.15) is 0 Å². The van der Waals surface area contributed by atoms with Crippen LogP contribution in [0.15, 0.2) is 66.9 Å². The van der Waals surface area contributed by atoms with Crippen molar-refractivity contribution in [2.24, 2.45) is 0 Å². The highest BCUT2D eigenvalue weighted by Crippen LogP contribution is 2.19. The standard InChI is InChI=1S/C21H22N2O/c1-2-16(17-8-4-3-5-9-17)15-23-20(24)14-19-11-6-10-18-12-7-13-22-21(18)19/h3-13,16H,2,14-15H2,1H3,(H,23,24). The third kappa shape index (κ3) is 3.80. The summed E-state index contributed by atoms with van der Waals surface area (Å²) in [4.78, 5) is 16.8. The van der Waals surface area contributed by atoms with Crippen molar-refractivity contribution in [1.29, 1.82) is 0 Å². The fraction of sp³-hybridized carbons (Fsp3) is 0.238. The van der Waals surface area contributed by atoms with Gasteiger partial charge in [-0.3, -0.25) is 9.78 Å². The van der Waals surface area contributed by atoms with E-state index in [1.807, 2.05) is 48.5 Å². The Morgan fingerprint density at radius 1 is 1.04 bits per heavy atom. The van der Waals surface area contributed by atoms with E-state index in [2.05, 4.69) is 29.4 Å². The van der Waals surface area contributed by atoms with Gasteiger partial charge in [-0.05, 0) is 23.6 Å². The second-order valence-corrected chi connectivity index (χ2v) is 5.99. The van der Waals surface area contributed by atoms with Crippen LogP contribution >= 0.6 is 0 Å². The zero-order chi connectivity index (χ0) is 16.8. The van der Waals surface area contributed by atoms with Gasteiger partial charge in [0, 0.05) is 24.0 Å². The predicted molar refractivity (Wildman–Crippen MR) is 97.9 cm³/mol. The van der Waals surface area contributed by atoms with Gasteiger partial charge in [0.05, 0.1) is 11.9 Å². The summed E-state index contributed by atoms with van der Waals surface area (Å²) in [5, 5.41) is 4.15. The van der Waals surface area contributed by atoms with Crippen molar-refractivity contribution >= 4 is 16.8 Å². The Balaban J connectivity index is 1.65. The van der Waals surface area contributed by atoms with E-state index in [-0.39, 0.29) is 5.91 Å². The number of amides is 1. The van der Waals surface area contributed by atoms with E-state index in [1.165, 1.54) is 5.56 Å². The molecule has 1 aromatic heterocycles. The second-order valence-electron chi connectivity index (χ2n) is 5.99. The second kappa shape index (κ2) is 7.73. The van der Waals surface area contributed by atoms with E-state index in [4.69, 9.17) is 0 Å². The lowest BCUT2D eigenvalue weighted by atomic mass is 9.96. The smallest absolute Gasteiger partial charge is 0.224 e. The highest BCUT2D eigenvalue weighted by atomic mass is 16.1. The molecule has 1 amide bonds. The van der Waals surface area contributed by atoms with Gasteiger partial charge in [-0.25, -0.2) is 0 Å². The topological polar surface area (TPSA) is 42.0 Å². The molecule has 0 spiro atoms. The number of rotatable bonds is 6. The maximum atomic E-state index is 12.4. The Kier molecular flexibility index (Phi) is 5.22. The van der Waals surface area contributed by atoms with Crippen LogP contribution in [0.4, 0.5) is 0 Å². The first kappa shape index (κ1) is 16.2. The molecule has 0 aliphatic carbocycles. The van der Waals surface area contributed by atoms with Gasteiger partial charge in [-0.2, -0.15) is 0 Å². The molecule has 2 aromatic carbocycles. The van der Waals surface area contributed by atoms with E-state index in [0.717, 1.165) is 22.9 Å². The zero-order valence-electron chi connectivity index (χ0n) is 13.9. The summed E-state index contributed by atoms with van der Waals surface area (Å²) < 4.78 is 0. The molecule has 1 heterocycles. The number of aromatic nitrogens is 1. The van der Waals surface area contributed by atoms with Gasteiger partial charge < -0.3 is 5.32 Å². The van der Waals surface area contributed by atoms with E-state index >= 15 is 0 Å². The molecule has 24 heavy (non-hydrogen) atoms. The van der Waals surface area contributed by atoms with Crippen LogP contribution in [0.1, 0.15) is 30.4 Å². The molecule has 0 fully saturated rings. The van der Waals surface area contributed by atoms with Crippen LogP contribution in [-0.2, 0) is 11.2 Å². The van der Waals surface area contributed by atoms with Gasteiger partial charge in [-0.15, -0.1) is 0 Å². The fourth-order valence-electron chi connectivity index (χ4n) is 3.01. The number of pyridine rings is 1. The van der Waals surface area contributed by atoms with Crippen LogP contribution in [0.3, 0.4) is 0 Å². The maximum Gasteiger partial charge on any atom is 0.224 e. The average Bonchev–Trinajstić information content (AvgIpc) is 2.63. The highest BCUT2D eigenvalue weighted by Gasteiger charge is 2.12. The number of carbonyl (C=O) groups excluding carboxylic acids is 1. The number of hydrogen-bond donors (Lipinski definition) is 1. The van der Waals surface area contributed by atoms with Crippen LogP contribution < -0.4 is 5.32 Å². The minimum absolute atomic E-state index is 0.0440. The molecule has 0 aliphatic rings. The number of benzene rings is 2. The Hall–Kier alpha value is -2.68. The normalized spacial score (nSPS) is 12.0. The van der Waals surface area contributed by atoms with Gasteiger partial charge in [-0.1, -0.05) is 61.5 Å². The molecule has 3 rings (SSSR count). The number of para-hydroxylation sites is 1. The van der Waals surface area contributed by atoms with E-state index in [0.29, 0.717) is 18.9 Å². The Morgan fingerprint density at radius 2 is 1.83 bits per heavy atom. The van der Waals surface area contributed by atoms with Crippen molar-refractivity contribution in [3.8, 4) is 0 Å². The maximum absolute atomic E-state index is 12.4. The van der Waals surface area contributed by atoms with Crippen molar-refractivity contribution < 1.29 is 4.79 Å². The lowest BCUT2D eigenvalue weighted by molar-refractivity contribution is -0.120. The summed E-state index contributed by atoms with van der Waals surface area (Å²) in [6.45, 7) is 2.82. The van der Waals surface area contributed by atoms with Crippen LogP contribution in [0.5, 0.6) is 0 Å². The first-order valence-electron chi connectivity index (χ1n) is 8.42. The van der Waals surface area contributed by atoms with E-state index < -0.39 is 0 Å². The van der Waals surface area contributed by atoms with Crippen LogP contribution in [0, 0.1) is 0 Å². The molecule has 122 valence electrons. The van der Waals surface area contributed by atoms with E-state index in [9.17, 15) is 4.79 Å². The summed E-state index contributed by atoms with van der Waals surface area (Å²) >= 11 is 0. The van der Waals surface area contributed by atoms with Gasteiger partial charge in [0.2, 0.25) is 5.91 Å². The van der Waals surface area contributed by atoms with Crippen molar-refractivity contribution in [1.82, 2.24) is 10.3 Å². The van der Waals surface area contributed by atoms with Gasteiger partial charge in [0.15, 0.2) is 0 Å². The van der Waals surface area contributed by atoms with Gasteiger partial charge >= 0.3 is 0 Å². The quantitative estimate of drug-likeness (QED) is 0.744. The molecule has 1 N–H and O–H groups in total. The molecule has 1 unspecified atom stereocenters. The molecule has 3 nitrogen and oxygen atoms in total. The van der Waals surface area contributed by atoms with Gasteiger partial charge in [0.25, 0.3) is 0 Å². The predicted octanol–water partition coefficient (Wildman–Crippen LogP) is 4.09. The molecule has 3 heteroatoms. The summed E-state index contributed by atoms with van der Waals surface area (Å²) in [5.74, 6) is 0.392. The van der Waals surface area contributed by atoms with Crippen LogP contribution in [0.25, 0.3) is 10.9 Å². The monoisotopic (exact) mass is 318 g/mol. The SMILES string of the molecule is CCC(CNC(=O)Cc1cccc2cccnc12)c1ccccc1. The summed E-state index contributed by atoms with van der Waals surface area (Å²) in [6.07, 6.45) is 3.13. The largest absolute Gasteiger partial charge is 0.355 e. The summed E-state index contributed by atoms with van der Waals surface area (Å²) in [5.41, 5.74) is 3.15. The summed E-state index contributed by atoms with van der Waals surface area (Å²) in [6, 6.07) is 20.3. The third-order valence-corrected chi connectivity index (χ3v) is 4.38. The first-order chi connectivity index (χ1) is 11.8. The third-order valence-electron chi connectivity index (χ3n) is 4.38. The Morgan fingerprint density at radius 3 is 2.62 bits per heavy atom. The molecule has 0 saturated carbocycles. The lowest BCUT2D eigenvalue weighted by Crippen LogP contribution is -2.29. The highest BCUT2D eigenvalue weighted by molar-refractivity contribution is 5.87. The lowest BCUT2D eigenvalue weighted by Gasteiger charge is -2.16. The molecular formula is C21H22N2O. The van der Waals surface area contributed by atoms with Crippen LogP contribution in [0.2, 0.25) is 0 Å². The number of nitrogens with one attached hydrogen (secondary N) is 1. The van der Waals surface area contributed by atoms with Crippen LogP contribution in [-0.4, -0.2) is 17.4 Å². The molecule has 0 aliphatic heterocycles. The number of hydrogen-bond acceptors (Lipinski definition) is 2. The number of carbonyl (C=O) groups is 1. The fourth-order valence-corrected chi connectivity index (χ4v) is 3.01. The average molecular weight is 318 g/mol. The van der Waals surface area contributed by atoms with Crippen molar-refractivity contribution in [2.45, 2.75) is 25.7 Å². The summed E-state index contributed by atoms with van der Waals surface area (Å²) in [7, 11) is 0. The van der Waals surface area contributed by atoms with Crippen molar-refractivity contribution in [3.63, 3.8) is 0 Å². The number of nitrogens with zero attached hydrogens (tertiary/aromatic N) is 1. The van der Waals surface area contributed by atoms with Crippen molar-refractivity contribution in [3.05, 3.63) is 78.0 Å². The molecule has 0 saturated heterocycles. The Labute approximate surface area is 142 Å². The van der Waals surface area contributed by atoms with Crippen molar-refractivity contribution in [2.75, 3.05) is 6.54 Å². The Bertz CT molecular complexity index is 809. The van der Waals surface area contributed by atoms with E-state index in [1.54, 1.807) is 6.20 Å². The zero-order valence-corrected chi connectivity index (χ0v) is 13.9. The first-order valence-corrected chi connectivity index (χ1v) is 8.42. The molecular weight excluding hydrogens is 296 g/mol. The number of fused-ring (bicyclic) bond motifs is 1. The minimum Gasteiger partial charge on any atom is -0.355 e. The molecule has 1 atom stereocenters. The molecule has 0 bridgehead atoms. The molecule has 0 radical (unpaired) electrons.